The van der Waals surface area contributed by atoms with Crippen molar-refractivity contribution in [3.8, 4) is 0 Å². The second-order valence-electron chi connectivity index (χ2n) is 5.12. The van der Waals surface area contributed by atoms with Crippen LogP contribution in [0.2, 0.25) is 0 Å². The number of Topliss-reactive ketones (excluding diaryl/α,β-unsaturated/α-hetero) is 1. The summed E-state index contributed by atoms with van der Waals surface area (Å²) < 4.78 is 32.8. The molecule has 8 heteroatoms. The van der Waals surface area contributed by atoms with E-state index in [1.54, 1.807) is 25.1 Å². The van der Waals surface area contributed by atoms with Crippen LogP contribution < -0.4 is 11.5 Å². The molecule has 5 N–H and O–H groups in total. The molecule has 0 aromatic heterocycles. The number of hydrogen-bond acceptors (Lipinski definition) is 5. The van der Waals surface area contributed by atoms with Crippen LogP contribution in [-0.2, 0) is 20.5 Å². The molecule has 1 atom stereocenters. The van der Waals surface area contributed by atoms with Crippen molar-refractivity contribution < 1.29 is 17.8 Å². The lowest BCUT2D eigenvalue weighted by Gasteiger charge is -2.25. The lowest BCUT2D eigenvalue weighted by Crippen LogP contribution is -2.42. The molecule has 0 aliphatic heterocycles. The van der Waals surface area contributed by atoms with Gasteiger partial charge in [-0.15, -0.1) is 0 Å². The first-order valence-electron chi connectivity index (χ1n) is 6.28. The zero-order valence-electron chi connectivity index (χ0n) is 11.7. The minimum atomic E-state index is -4.50. The van der Waals surface area contributed by atoms with Crippen LogP contribution in [-0.4, -0.2) is 23.2 Å². The smallest absolute Gasteiger partial charge is 0.297 e. The molecule has 2 rings (SSSR count). The Balaban J connectivity index is 2.90. The van der Waals surface area contributed by atoms with Crippen molar-refractivity contribution in [1.82, 2.24) is 0 Å². The number of fused-ring (bicyclic) bond motifs is 1. The van der Waals surface area contributed by atoms with Crippen molar-refractivity contribution in [2.45, 2.75) is 17.4 Å². The maximum atomic E-state index is 12.1. The number of halogens is 1. The van der Waals surface area contributed by atoms with Crippen LogP contribution in [0.3, 0.4) is 0 Å². The Kier molecular flexibility index (Phi) is 4.49. The van der Waals surface area contributed by atoms with E-state index in [1.165, 1.54) is 12.1 Å². The summed E-state index contributed by atoms with van der Waals surface area (Å²) in [7, 11) is -4.50. The van der Waals surface area contributed by atoms with Crippen LogP contribution in [0, 0.1) is 0 Å². The van der Waals surface area contributed by atoms with Gasteiger partial charge in [-0.3, -0.25) is 9.35 Å². The van der Waals surface area contributed by atoms with Crippen LogP contribution in [0.1, 0.15) is 12.5 Å². The first kappa shape index (κ1) is 17.1. The van der Waals surface area contributed by atoms with E-state index in [0.717, 1.165) is 0 Å². The lowest BCUT2D eigenvalue weighted by molar-refractivity contribution is -0.121. The van der Waals surface area contributed by atoms with Crippen molar-refractivity contribution in [3.63, 3.8) is 0 Å². The molecule has 1 unspecified atom stereocenters. The van der Waals surface area contributed by atoms with Crippen LogP contribution in [0.5, 0.6) is 0 Å². The Hall–Kier alpha value is -1.23. The van der Waals surface area contributed by atoms with E-state index in [2.05, 4.69) is 0 Å². The predicted octanol–water partition coefficient (Wildman–Crippen LogP) is 1.85. The highest BCUT2D eigenvalue weighted by Gasteiger charge is 2.31. The Morgan fingerprint density at radius 3 is 2.45 bits per heavy atom. The Morgan fingerprint density at radius 1 is 1.27 bits per heavy atom. The molecule has 0 saturated carbocycles. The van der Waals surface area contributed by atoms with E-state index in [0.29, 0.717) is 10.9 Å². The Labute approximate surface area is 141 Å². The largest absolute Gasteiger partial charge is 0.398 e. The van der Waals surface area contributed by atoms with Crippen molar-refractivity contribution >= 4 is 55.0 Å². The van der Waals surface area contributed by atoms with E-state index in [9.17, 15) is 17.8 Å². The average molecular weight is 434 g/mol. The first-order valence-corrected chi connectivity index (χ1v) is 9.24. The number of anilines is 1. The third-order valence-corrected chi connectivity index (χ3v) is 5.22. The fourth-order valence-electron chi connectivity index (χ4n) is 2.38. The number of carbonyl (C=O) groups is 1. The summed E-state index contributed by atoms with van der Waals surface area (Å²) in [4.78, 5) is 11.7. The maximum Gasteiger partial charge on any atom is 0.297 e. The topological polar surface area (TPSA) is 123 Å². The van der Waals surface area contributed by atoms with E-state index in [4.69, 9.17) is 11.5 Å². The van der Waals surface area contributed by atoms with Gasteiger partial charge in [0, 0.05) is 5.39 Å². The minimum Gasteiger partial charge on any atom is -0.398 e. The maximum absolute atomic E-state index is 12.1. The molecule has 2 aromatic carbocycles. The summed E-state index contributed by atoms with van der Waals surface area (Å²) in [5.41, 5.74) is 11.0. The highest BCUT2D eigenvalue weighted by Crippen LogP contribution is 2.34. The van der Waals surface area contributed by atoms with Gasteiger partial charge in [-0.05, 0) is 23.9 Å². The zero-order valence-corrected chi connectivity index (χ0v) is 14.7. The molecule has 0 aliphatic carbocycles. The number of hydrogen-bond donors (Lipinski definition) is 3. The molecule has 118 valence electrons. The molecule has 0 bridgehead atoms. The van der Waals surface area contributed by atoms with E-state index in [-0.39, 0.29) is 26.2 Å². The van der Waals surface area contributed by atoms with Crippen molar-refractivity contribution in [1.29, 1.82) is 0 Å². The van der Waals surface area contributed by atoms with Gasteiger partial charge >= 0.3 is 0 Å². The van der Waals surface area contributed by atoms with Crippen LogP contribution >= 0.6 is 22.6 Å². The highest BCUT2D eigenvalue weighted by atomic mass is 127. The molecule has 2 aromatic rings. The number of alkyl halides is 1. The lowest BCUT2D eigenvalue weighted by atomic mass is 9.86. The standard InChI is InChI=1S/C14H15IN2O4S/c1-14(17,12(18)7-15)10-4-2-3-9-8(10)5-6-11(16)13(9)22(19,20)21/h2-6H,7,16-17H2,1H3,(H,19,20,21). The molecule has 6 nitrogen and oxygen atoms in total. The molecule has 0 amide bonds. The highest BCUT2D eigenvalue weighted by molar-refractivity contribution is 14.1. The molecule has 0 heterocycles. The summed E-state index contributed by atoms with van der Waals surface area (Å²) in [6.45, 7) is 1.58. The summed E-state index contributed by atoms with van der Waals surface area (Å²) in [5, 5.41) is 0.699. The van der Waals surface area contributed by atoms with Gasteiger partial charge in [0.05, 0.1) is 15.7 Å². The van der Waals surface area contributed by atoms with E-state index < -0.39 is 15.7 Å². The molecule has 0 radical (unpaired) electrons. The Bertz CT molecular complexity index is 863. The van der Waals surface area contributed by atoms with Gasteiger partial charge in [0.1, 0.15) is 4.90 Å². The molecular weight excluding hydrogens is 419 g/mol. The normalized spacial score (nSPS) is 14.7. The number of nitrogen functional groups attached to an aromatic ring is 1. The van der Waals surface area contributed by atoms with Crippen LogP contribution in [0.4, 0.5) is 5.69 Å². The minimum absolute atomic E-state index is 0.0638. The van der Waals surface area contributed by atoms with Crippen molar-refractivity contribution in [2.75, 3.05) is 10.2 Å². The second-order valence-corrected chi connectivity index (χ2v) is 7.24. The second kappa shape index (κ2) is 5.76. The van der Waals surface area contributed by atoms with Crippen molar-refractivity contribution in [2.24, 2.45) is 5.73 Å². The number of nitrogens with two attached hydrogens (primary N) is 2. The van der Waals surface area contributed by atoms with Gasteiger partial charge < -0.3 is 11.5 Å². The summed E-state index contributed by atoms with van der Waals surface area (Å²) in [6, 6.07) is 7.73. The summed E-state index contributed by atoms with van der Waals surface area (Å²) in [6.07, 6.45) is 0. The van der Waals surface area contributed by atoms with Gasteiger partial charge in [0.15, 0.2) is 5.78 Å². The third-order valence-electron chi connectivity index (χ3n) is 3.56. The number of rotatable bonds is 4. The SMILES string of the molecule is CC(N)(C(=O)CI)c1cccc2c(S(=O)(=O)O)c(N)ccc12. The van der Waals surface area contributed by atoms with Gasteiger partial charge in [-0.2, -0.15) is 8.42 Å². The molecular formula is C14H15IN2O4S. The molecule has 0 spiro atoms. The molecule has 0 aliphatic rings. The fraction of sp³-hybridized carbons (Fsp3) is 0.214. The quantitative estimate of drug-likeness (QED) is 0.292. The average Bonchev–Trinajstić information content (AvgIpc) is 2.43. The number of ketones is 1. The number of benzene rings is 2. The molecule has 0 fully saturated rings. The molecule has 22 heavy (non-hydrogen) atoms. The number of carbonyl (C=O) groups excluding carboxylic acids is 1. The van der Waals surface area contributed by atoms with Gasteiger partial charge in [0.25, 0.3) is 10.1 Å². The monoisotopic (exact) mass is 434 g/mol. The van der Waals surface area contributed by atoms with Crippen LogP contribution in [0.15, 0.2) is 35.2 Å². The fourth-order valence-corrected chi connectivity index (χ4v) is 3.99. The Morgan fingerprint density at radius 2 is 1.91 bits per heavy atom. The van der Waals surface area contributed by atoms with E-state index >= 15 is 0 Å². The zero-order chi connectivity index (χ0) is 16.7. The van der Waals surface area contributed by atoms with Crippen molar-refractivity contribution in [3.05, 3.63) is 35.9 Å². The molecule has 0 saturated heterocycles. The van der Waals surface area contributed by atoms with Gasteiger partial charge in [-0.1, -0.05) is 46.9 Å². The third kappa shape index (κ3) is 2.83. The summed E-state index contributed by atoms with van der Waals surface area (Å²) >= 11 is 1.93. The predicted molar refractivity (Wildman–Crippen MR) is 93.6 cm³/mol. The summed E-state index contributed by atoms with van der Waals surface area (Å²) in [5.74, 6) is -0.189. The first-order chi connectivity index (χ1) is 10.1. The van der Waals surface area contributed by atoms with Crippen LogP contribution in [0.25, 0.3) is 10.8 Å². The van der Waals surface area contributed by atoms with E-state index in [1.807, 2.05) is 22.6 Å². The van der Waals surface area contributed by atoms with Gasteiger partial charge in [-0.25, -0.2) is 0 Å². The van der Waals surface area contributed by atoms with Gasteiger partial charge in [0.2, 0.25) is 0 Å².